The minimum atomic E-state index is -3.07. The van der Waals surface area contributed by atoms with Gasteiger partial charge in [-0.05, 0) is 36.2 Å². The summed E-state index contributed by atoms with van der Waals surface area (Å²) in [5, 5.41) is 9.14. The third-order valence-corrected chi connectivity index (χ3v) is 8.18. The molecule has 0 radical (unpaired) electrons. The lowest BCUT2D eigenvalue weighted by atomic mass is 10.2. The number of carbonyl (C=O) groups is 1. The summed E-state index contributed by atoms with van der Waals surface area (Å²) in [7, 11) is -1.42. The van der Waals surface area contributed by atoms with Crippen LogP contribution >= 0.6 is 11.8 Å². The van der Waals surface area contributed by atoms with E-state index in [1.54, 1.807) is 19.2 Å². The molecule has 1 aliphatic heterocycles. The van der Waals surface area contributed by atoms with Gasteiger partial charge in [0, 0.05) is 18.7 Å². The number of halogens is 1. The summed E-state index contributed by atoms with van der Waals surface area (Å²) in [6.45, 7) is 0.494. The highest BCUT2D eigenvalue weighted by Crippen LogP contribution is 2.26. The van der Waals surface area contributed by atoms with E-state index in [4.69, 9.17) is 0 Å². The van der Waals surface area contributed by atoms with E-state index >= 15 is 0 Å². The first kappa shape index (κ1) is 22.5. The number of sulfone groups is 1. The number of benzene rings is 2. The lowest BCUT2D eigenvalue weighted by Gasteiger charge is -2.23. The molecule has 1 aliphatic rings. The maximum Gasteiger partial charge on any atom is 0.233 e. The molecule has 4 rings (SSSR count). The quantitative estimate of drug-likeness (QED) is 0.490. The predicted molar refractivity (Wildman–Crippen MR) is 122 cm³/mol. The Labute approximate surface area is 190 Å². The van der Waals surface area contributed by atoms with Crippen LogP contribution < -0.4 is 0 Å². The molecule has 1 aromatic heterocycles. The van der Waals surface area contributed by atoms with Gasteiger partial charge in [0.15, 0.2) is 20.8 Å². The van der Waals surface area contributed by atoms with E-state index in [1.165, 1.54) is 28.8 Å². The molecule has 7 nitrogen and oxygen atoms in total. The van der Waals surface area contributed by atoms with Gasteiger partial charge in [-0.1, -0.05) is 42.1 Å². The lowest BCUT2D eigenvalue weighted by Crippen LogP contribution is -2.38. The maximum absolute atomic E-state index is 13.4. The Morgan fingerprint density at radius 2 is 1.88 bits per heavy atom. The van der Waals surface area contributed by atoms with Gasteiger partial charge in [0.25, 0.3) is 0 Å². The predicted octanol–water partition coefficient (Wildman–Crippen LogP) is 2.87. The zero-order valence-corrected chi connectivity index (χ0v) is 19.2. The van der Waals surface area contributed by atoms with Crippen molar-refractivity contribution >= 4 is 27.5 Å². The second kappa shape index (κ2) is 9.41. The average molecular weight is 475 g/mol. The van der Waals surface area contributed by atoms with E-state index in [0.29, 0.717) is 23.9 Å². The van der Waals surface area contributed by atoms with Gasteiger partial charge in [-0.25, -0.2) is 12.8 Å². The highest BCUT2D eigenvalue weighted by molar-refractivity contribution is 7.99. The van der Waals surface area contributed by atoms with Crippen LogP contribution in [0.25, 0.3) is 11.4 Å². The molecule has 32 heavy (non-hydrogen) atoms. The van der Waals surface area contributed by atoms with Crippen molar-refractivity contribution in [2.24, 2.45) is 0 Å². The molecule has 0 spiro atoms. The van der Waals surface area contributed by atoms with Crippen LogP contribution in [0, 0.1) is 5.82 Å². The molecule has 1 fully saturated rings. The summed E-state index contributed by atoms with van der Waals surface area (Å²) in [6.07, 6.45) is 0.466. The van der Waals surface area contributed by atoms with Gasteiger partial charge in [0.1, 0.15) is 5.82 Å². The zero-order valence-electron chi connectivity index (χ0n) is 17.5. The number of rotatable bonds is 7. The SMILES string of the molecule is CN(C(=O)CSc1nnc(-c2ccc(F)cc2)n1Cc1ccccc1)[C@H]1CCS(=O)(=O)C1. The van der Waals surface area contributed by atoms with Crippen LogP contribution in [0.15, 0.2) is 59.8 Å². The van der Waals surface area contributed by atoms with Gasteiger partial charge in [0.05, 0.1) is 23.8 Å². The van der Waals surface area contributed by atoms with Crippen molar-refractivity contribution in [2.75, 3.05) is 24.3 Å². The van der Waals surface area contributed by atoms with Gasteiger partial charge in [-0.3, -0.25) is 9.36 Å². The number of amides is 1. The fourth-order valence-corrected chi connectivity index (χ4v) is 6.27. The number of hydrogen-bond donors (Lipinski definition) is 0. The molecule has 0 N–H and O–H groups in total. The molecule has 2 aromatic carbocycles. The highest BCUT2D eigenvalue weighted by Gasteiger charge is 2.32. The Kier molecular flexibility index (Phi) is 6.61. The van der Waals surface area contributed by atoms with E-state index in [-0.39, 0.29) is 35.0 Å². The van der Waals surface area contributed by atoms with Crippen LogP contribution in [0.4, 0.5) is 4.39 Å². The topological polar surface area (TPSA) is 85.2 Å². The second-order valence-corrected chi connectivity index (χ2v) is 10.9. The summed E-state index contributed by atoms with van der Waals surface area (Å²) < 4.78 is 38.8. The van der Waals surface area contributed by atoms with Gasteiger partial charge >= 0.3 is 0 Å². The lowest BCUT2D eigenvalue weighted by molar-refractivity contribution is -0.128. The van der Waals surface area contributed by atoms with E-state index in [1.807, 2.05) is 34.9 Å². The van der Waals surface area contributed by atoms with Gasteiger partial charge < -0.3 is 4.90 Å². The van der Waals surface area contributed by atoms with Crippen molar-refractivity contribution in [2.45, 2.75) is 24.2 Å². The molecule has 0 bridgehead atoms. The van der Waals surface area contributed by atoms with Crippen molar-refractivity contribution in [3.8, 4) is 11.4 Å². The summed E-state index contributed by atoms with van der Waals surface area (Å²) in [5.41, 5.74) is 1.76. The van der Waals surface area contributed by atoms with Crippen molar-refractivity contribution in [3.05, 3.63) is 66.0 Å². The van der Waals surface area contributed by atoms with Crippen LogP contribution in [-0.4, -0.2) is 64.3 Å². The largest absolute Gasteiger partial charge is 0.341 e. The Balaban J connectivity index is 1.54. The van der Waals surface area contributed by atoms with Crippen LogP contribution in [0.1, 0.15) is 12.0 Å². The average Bonchev–Trinajstić information content (AvgIpc) is 3.35. The first-order valence-corrected chi connectivity index (χ1v) is 12.9. The molecular formula is C22H23FN4O3S2. The van der Waals surface area contributed by atoms with E-state index < -0.39 is 9.84 Å². The van der Waals surface area contributed by atoms with Gasteiger partial charge in [0.2, 0.25) is 5.91 Å². The monoisotopic (exact) mass is 474 g/mol. The van der Waals surface area contributed by atoms with Crippen LogP contribution in [0.5, 0.6) is 0 Å². The third kappa shape index (κ3) is 5.18. The molecule has 168 valence electrons. The molecule has 1 saturated heterocycles. The van der Waals surface area contributed by atoms with E-state index in [9.17, 15) is 17.6 Å². The fraction of sp³-hybridized carbons (Fsp3) is 0.318. The highest BCUT2D eigenvalue weighted by atomic mass is 32.2. The Hall–Kier alpha value is -2.72. The number of nitrogens with zero attached hydrogens (tertiary/aromatic N) is 4. The first-order chi connectivity index (χ1) is 15.3. The van der Waals surface area contributed by atoms with Crippen LogP contribution in [0.3, 0.4) is 0 Å². The Morgan fingerprint density at radius 3 is 2.53 bits per heavy atom. The van der Waals surface area contributed by atoms with Crippen molar-refractivity contribution in [1.82, 2.24) is 19.7 Å². The Bertz CT molecular complexity index is 1200. The molecule has 2 heterocycles. The normalized spacial score (nSPS) is 17.4. The third-order valence-electron chi connectivity index (χ3n) is 5.48. The minimum absolute atomic E-state index is 0.0127. The summed E-state index contributed by atoms with van der Waals surface area (Å²) >= 11 is 1.25. The van der Waals surface area contributed by atoms with E-state index in [2.05, 4.69) is 10.2 Å². The standard InChI is InChI=1S/C22H23FN4O3S2/c1-26(19-11-12-32(29,30)15-19)20(28)14-31-22-25-24-21(17-7-9-18(23)10-8-17)27(22)13-16-5-3-2-4-6-16/h2-10,19H,11-15H2,1H3/t19-/m0/s1. The summed E-state index contributed by atoms with van der Waals surface area (Å²) in [4.78, 5) is 14.2. The molecular weight excluding hydrogens is 451 g/mol. The van der Waals surface area contributed by atoms with Crippen molar-refractivity contribution in [1.29, 1.82) is 0 Å². The minimum Gasteiger partial charge on any atom is -0.341 e. The van der Waals surface area contributed by atoms with Gasteiger partial charge in [-0.2, -0.15) is 0 Å². The fourth-order valence-electron chi connectivity index (χ4n) is 3.63. The molecule has 1 atom stereocenters. The summed E-state index contributed by atoms with van der Waals surface area (Å²) in [5.74, 6) is 0.339. The number of thioether (sulfide) groups is 1. The number of hydrogen-bond acceptors (Lipinski definition) is 6. The van der Waals surface area contributed by atoms with Gasteiger partial charge in [-0.15, -0.1) is 10.2 Å². The molecule has 1 amide bonds. The van der Waals surface area contributed by atoms with Crippen LogP contribution in [-0.2, 0) is 21.2 Å². The van der Waals surface area contributed by atoms with E-state index in [0.717, 1.165) is 11.1 Å². The molecule has 0 aliphatic carbocycles. The number of carbonyl (C=O) groups excluding carboxylic acids is 1. The summed E-state index contributed by atoms with van der Waals surface area (Å²) in [6, 6.07) is 15.6. The molecule has 10 heteroatoms. The second-order valence-electron chi connectivity index (χ2n) is 7.73. The molecule has 3 aromatic rings. The van der Waals surface area contributed by atoms with Crippen LogP contribution in [0.2, 0.25) is 0 Å². The van der Waals surface area contributed by atoms with Crippen molar-refractivity contribution in [3.63, 3.8) is 0 Å². The number of aromatic nitrogens is 3. The maximum atomic E-state index is 13.4. The zero-order chi connectivity index (χ0) is 22.7. The molecule has 0 unspecified atom stereocenters. The Morgan fingerprint density at radius 1 is 1.16 bits per heavy atom. The first-order valence-electron chi connectivity index (χ1n) is 10.1. The smallest absolute Gasteiger partial charge is 0.233 e. The molecule has 0 saturated carbocycles. The van der Waals surface area contributed by atoms with Crippen molar-refractivity contribution < 1.29 is 17.6 Å².